The molecule has 0 aliphatic rings. The maximum atomic E-state index is 13.1. The number of methoxy groups -OCH3 is 1. The van der Waals surface area contributed by atoms with Gasteiger partial charge in [-0.1, -0.05) is 18.2 Å². The zero-order valence-corrected chi connectivity index (χ0v) is 16.1. The van der Waals surface area contributed by atoms with Crippen LogP contribution in [-0.4, -0.2) is 22.4 Å². The number of hydrogen-bond acceptors (Lipinski definition) is 3. The highest BCUT2D eigenvalue weighted by molar-refractivity contribution is 5.94. The summed E-state index contributed by atoms with van der Waals surface area (Å²) in [7, 11) is 1.55. The molecule has 2 heterocycles. The number of halogens is 1. The minimum absolute atomic E-state index is 0.140. The zero-order valence-electron chi connectivity index (χ0n) is 16.1. The Morgan fingerprint density at radius 2 is 1.97 bits per heavy atom. The van der Waals surface area contributed by atoms with Gasteiger partial charge in [-0.3, -0.25) is 4.79 Å². The van der Waals surface area contributed by atoms with E-state index in [2.05, 4.69) is 5.32 Å². The van der Waals surface area contributed by atoms with Crippen molar-refractivity contribution >= 4 is 17.2 Å². The van der Waals surface area contributed by atoms with Crippen LogP contribution in [0.4, 0.5) is 10.1 Å². The summed E-state index contributed by atoms with van der Waals surface area (Å²) in [6.07, 6.45) is 4.04. The van der Waals surface area contributed by atoms with Crippen molar-refractivity contribution in [1.82, 2.24) is 9.38 Å². The predicted molar refractivity (Wildman–Crippen MR) is 111 cm³/mol. The maximum absolute atomic E-state index is 13.1. The van der Waals surface area contributed by atoms with Gasteiger partial charge in [-0.25, -0.2) is 9.37 Å². The van der Waals surface area contributed by atoms with Gasteiger partial charge < -0.3 is 14.5 Å². The Kier molecular flexibility index (Phi) is 4.99. The van der Waals surface area contributed by atoms with Crippen LogP contribution in [0.5, 0.6) is 5.75 Å². The molecule has 0 radical (unpaired) electrons. The molecule has 4 rings (SSSR count). The van der Waals surface area contributed by atoms with Gasteiger partial charge in [0.05, 0.1) is 24.9 Å². The number of ether oxygens (including phenoxy) is 1. The van der Waals surface area contributed by atoms with Crippen LogP contribution >= 0.6 is 0 Å². The first-order chi connectivity index (χ1) is 14.0. The molecular formula is C23H20FN3O2. The van der Waals surface area contributed by atoms with Gasteiger partial charge in [0.15, 0.2) is 0 Å². The quantitative estimate of drug-likeness (QED) is 0.541. The van der Waals surface area contributed by atoms with Crippen LogP contribution in [0.3, 0.4) is 0 Å². The standard InChI is InChI=1S/C23H20FN3O2/c1-15-4-3-11-27-14-20(26-23(15)27)17-7-10-21(29-2)19(13-17)25-22(28)12-16-5-8-18(24)9-6-16/h3-11,13-14H,12H2,1-2H3,(H,25,28). The lowest BCUT2D eigenvalue weighted by Crippen LogP contribution is -2.15. The molecular weight excluding hydrogens is 369 g/mol. The topological polar surface area (TPSA) is 55.6 Å². The number of hydrogen-bond donors (Lipinski definition) is 1. The predicted octanol–water partition coefficient (Wildman–Crippen LogP) is 4.64. The first-order valence-corrected chi connectivity index (χ1v) is 9.20. The van der Waals surface area contributed by atoms with Gasteiger partial charge in [-0.05, 0) is 54.4 Å². The van der Waals surface area contributed by atoms with Crippen LogP contribution in [0, 0.1) is 12.7 Å². The Balaban J connectivity index is 1.61. The monoisotopic (exact) mass is 389 g/mol. The van der Waals surface area contributed by atoms with E-state index in [0.29, 0.717) is 11.4 Å². The van der Waals surface area contributed by atoms with E-state index in [1.165, 1.54) is 12.1 Å². The lowest BCUT2D eigenvalue weighted by molar-refractivity contribution is -0.115. The molecule has 146 valence electrons. The fourth-order valence-electron chi connectivity index (χ4n) is 3.24. The van der Waals surface area contributed by atoms with Gasteiger partial charge in [0.25, 0.3) is 0 Å². The lowest BCUT2D eigenvalue weighted by atomic mass is 10.1. The minimum Gasteiger partial charge on any atom is -0.495 e. The summed E-state index contributed by atoms with van der Waals surface area (Å²) in [6, 6.07) is 15.4. The lowest BCUT2D eigenvalue weighted by Gasteiger charge is -2.11. The number of nitrogens with zero attached hydrogens (tertiary/aromatic N) is 2. The van der Waals surface area contributed by atoms with Gasteiger partial charge in [-0.2, -0.15) is 0 Å². The molecule has 1 N–H and O–H groups in total. The first kappa shape index (κ1) is 18.7. The Labute approximate surface area is 167 Å². The van der Waals surface area contributed by atoms with Crippen LogP contribution in [-0.2, 0) is 11.2 Å². The molecule has 0 bridgehead atoms. The van der Waals surface area contributed by atoms with Crippen LogP contribution in [0.1, 0.15) is 11.1 Å². The number of rotatable bonds is 5. The Bertz CT molecular complexity index is 1180. The number of nitrogens with one attached hydrogen (secondary N) is 1. The normalized spacial score (nSPS) is 10.9. The number of pyridine rings is 1. The smallest absolute Gasteiger partial charge is 0.228 e. The van der Waals surface area contributed by atoms with Crippen molar-refractivity contribution in [1.29, 1.82) is 0 Å². The number of carbonyl (C=O) groups is 1. The summed E-state index contributed by atoms with van der Waals surface area (Å²) < 4.78 is 20.4. The summed E-state index contributed by atoms with van der Waals surface area (Å²) in [5, 5.41) is 2.89. The zero-order chi connectivity index (χ0) is 20.4. The molecule has 0 aliphatic heterocycles. The molecule has 0 unspecified atom stereocenters. The van der Waals surface area contributed by atoms with Gasteiger partial charge >= 0.3 is 0 Å². The largest absolute Gasteiger partial charge is 0.495 e. The van der Waals surface area contributed by atoms with E-state index in [4.69, 9.17) is 9.72 Å². The number of aryl methyl sites for hydroxylation is 1. The van der Waals surface area contributed by atoms with Gasteiger partial charge in [0.1, 0.15) is 17.2 Å². The minimum atomic E-state index is -0.328. The van der Waals surface area contributed by atoms with Crippen molar-refractivity contribution in [3.8, 4) is 17.0 Å². The second kappa shape index (κ2) is 7.75. The summed E-state index contributed by atoms with van der Waals surface area (Å²) in [6.45, 7) is 2.02. The first-order valence-electron chi connectivity index (χ1n) is 9.20. The van der Waals surface area contributed by atoms with Crippen molar-refractivity contribution in [2.24, 2.45) is 0 Å². The molecule has 2 aromatic carbocycles. The molecule has 1 amide bonds. The second-order valence-corrected chi connectivity index (χ2v) is 6.81. The van der Waals surface area contributed by atoms with Crippen molar-refractivity contribution in [3.05, 3.63) is 83.9 Å². The number of anilines is 1. The molecule has 29 heavy (non-hydrogen) atoms. The van der Waals surface area contributed by atoms with Crippen molar-refractivity contribution < 1.29 is 13.9 Å². The molecule has 5 nitrogen and oxygen atoms in total. The maximum Gasteiger partial charge on any atom is 0.228 e. The number of aromatic nitrogens is 2. The highest BCUT2D eigenvalue weighted by Gasteiger charge is 2.12. The summed E-state index contributed by atoms with van der Waals surface area (Å²) in [5.74, 6) is 0.0188. The number of imidazole rings is 1. The van der Waals surface area contributed by atoms with Gasteiger partial charge in [-0.15, -0.1) is 0 Å². The van der Waals surface area contributed by atoms with Crippen LogP contribution in [0.2, 0.25) is 0 Å². The SMILES string of the molecule is COc1ccc(-c2cn3cccc(C)c3n2)cc1NC(=O)Cc1ccc(F)cc1. The van der Waals surface area contributed by atoms with Crippen molar-refractivity contribution in [2.45, 2.75) is 13.3 Å². The van der Waals surface area contributed by atoms with E-state index in [9.17, 15) is 9.18 Å². The average Bonchev–Trinajstić information content (AvgIpc) is 3.15. The van der Waals surface area contributed by atoms with E-state index in [1.807, 2.05) is 48.0 Å². The number of carbonyl (C=O) groups excluding carboxylic acids is 1. The summed E-state index contributed by atoms with van der Waals surface area (Å²) in [5.41, 5.74) is 4.93. The number of benzene rings is 2. The highest BCUT2D eigenvalue weighted by atomic mass is 19.1. The molecule has 0 saturated heterocycles. The molecule has 6 heteroatoms. The molecule has 0 atom stereocenters. The molecule has 0 saturated carbocycles. The Hall–Kier alpha value is -3.67. The Morgan fingerprint density at radius 1 is 1.17 bits per heavy atom. The molecule has 2 aromatic heterocycles. The average molecular weight is 389 g/mol. The number of fused-ring (bicyclic) bond motifs is 1. The third kappa shape index (κ3) is 3.96. The molecule has 0 aliphatic carbocycles. The van der Waals surface area contributed by atoms with Crippen molar-refractivity contribution in [2.75, 3.05) is 12.4 Å². The fraction of sp³-hybridized carbons (Fsp3) is 0.130. The molecule has 4 aromatic rings. The fourth-order valence-corrected chi connectivity index (χ4v) is 3.24. The van der Waals surface area contributed by atoms with Gasteiger partial charge in [0, 0.05) is 18.0 Å². The molecule has 0 fully saturated rings. The van der Waals surface area contributed by atoms with Crippen LogP contribution < -0.4 is 10.1 Å². The van der Waals surface area contributed by atoms with Gasteiger partial charge in [0.2, 0.25) is 5.91 Å². The highest BCUT2D eigenvalue weighted by Crippen LogP contribution is 2.31. The summed E-state index contributed by atoms with van der Waals surface area (Å²) >= 11 is 0. The molecule has 0 spiro atoms. The number of amides is 1. The van der Waals surface area contributed by atoms with E-state index >= 15 is 0 Å². The third-order valence-corrected chi connectivity index (χ3v) is 4.73. The third-order valence-electron chi connectivity index (χ3n) is 4.73. The second-order valence-electron chi connectivity index (χ2n) is 6.81. The Morgan fingerprint density at radius 3 is 2.69 bits per heavy atom. The van der Waals surface area contributed by atoms with E-state index in [0.717, 1.165) is 28.0 Å². The van der Waals surface area contributed by atoms with Crippen LogP contribution in [0.15, 0.2) is 67.0 Å². The van der Waals surface area contributed by atoms with E-state index in [-0.39, 0.29) is 18.1 Å². The van der Waals surface area contributed by atoms with Crippen molar-refractivity contribution in [3.63, 3.8) is 0 Å². The summed E-state index contributed by atoms with van der Waals surface area (Å²) in [4.78, 5) is 17.2. The van der Waals surface area contributed by atoms with E-state index < -0.39 is 0 Å². The van der Waals surface area contributed by atoms with Crippen LogP contribution in [0.25, 0.3) is 16.9 Å². The van der Waals surface area contributed by atoms with E-state index in [1.54, 1.807) is 25.3 Å².